The van der Waals surface area contributed by atoms with Gasteiger partial charge in [0.2, 0.25) is 0 Å². The van der Waals surface area contributed by atoms with Crippen molar-refractivity contribution in [1.82, 2.24) is 21.3 Å². The quantitative estimate of drug-likeness (QED) is 0.0265. The Morgan fingerprint density at radius 2 is 0.971 bits per heavy atom. The van der Waals surface area contributed by atoms with E-state index < -0.39 is 47.8 Å². The smallest absolute Gasteiger partial charge is 0.408 e. The van der Waals surface area contributed by atoms with Gasteiger partial charge in [0.15, 0.2) is 11.6 Å². The van der Waals surface area contributed by atoms with Crippen LogP contribution in [0.25, 0.3) is 0 Å². The summed E-state index contributed by atoms with van der Waals surface area (Å²) in [7, 11) is 4.03. The third-order valence-corrected chi connectivity index (χ3v) is 10.5. The van der Waals surface area contributed by atoms with Crippen LogP contribution in [0.1, 0.15) is 110 Å². The number of ether oxygens (including phenoxy) is 6. The molecule has 0 heterocycles. The number of methoxy groups -OCH3 is 3. The molecule has 17 nitrogen and oxygen atoms in total. The standard InChI is InChI=1S/C52H64N4O13.CH4/c1-52(2,3)69-51(63)56-42(22-14-16-28-54-50(62)68-34-36-19-11-8-12-20-36)44(58)31-37-23-25-45(64-4)39(29-37)47(59)55-41(21-13-15-27-53-49(61)67-33-35-17-9-7-10-18-35)43(57)32-38-24-26-46(65-5)40(30-38)48(60)66-6;/h7-12,17-20,23-26,29-30,41-42H,13-16,21-22,27-28,31-34H2,1-6H3,(H,53,61)(H,54,62)(H,55,59)(H,56,63);1H4/t41-,42-;/m0./s1. The fourth-order valence-corrected chi connectivity index (χ4v) is 7.02. The Hall–Kier alpha value is -7.43. The Morgan fingerprint density at radius 3 is 1.41 bits per heavy atom. The Balaban J connectivity index is 0.0000130. The van der Waals surface area contributed by atoms with Crippen molar-refractivity contribution in [2.75, 3.05) is 34.4 Å². The lowest BCUT2D eigenvalue weighted by Crippen LogP contribution is -2.44. The summed E-state index contributed by atoms with van der Waals surface area (Å²) in [5.41, 5.74) is 1.97. The first-order valence-electron chi connectivity index (χ1n) is 22.8. The van der Waals surface area contributed by atoms with Gasteiger partial charge in [-0.3, -0.25) is 14.4 Å². The van der Waals surface area contributed by atoms with Crippen LogP contribution in [0.3, 0.4) is 0 Å². The summed E-state index contributed by atoms with van der Waals surface area (Å²) in [4.78, 5) is 92.1. The number of ketones is 2. The van der Waals surface area contributed by atoms with Gasteiger partial charge in [-0.2, -0.15) is 0 Å². The molecule has 0 bridgehead atoms. The minimum atomic E-state index is -1.02. The number of rotatable bonds is 26. The van der Waals surface area contributed by atoms with E-state index in [1.54, 1.807) is 45.0 Å². The fraction of sp³-hybridized carbons (Fsp3) is 0.415. The highest BCUT2D eigenvalue weighted by atomic mass is 16.6. The maximum absolute atomic E-state index is 14.1. The highest BCUT2D eigenvalue weighted by Crippen LogP contribution is 2.24. The number of Topliss-reactive ketones (excluding diaryl/α,β-unsaturated/α-hetero) is 2. The lowest BCUT2D eigenvalue weighted by molar-refractivity contribution is -0.121. The van der Waals surface area contributed by atoms with Gasteiger partial charge in [-0.25, -0.2) is 19.2 Å². The molecular weight excluding hydrogens is 901 g/mol. The van der Waals surface area contributed by atoms with Gasteiger partial charge in [-0.15, -0.1) is 0 Å². The number of amides is 4. The number of unbranched alkanes of at least 4 members (excludes halogenated alkanes) is 2. The molecule has 0 aliphatic carbocycles. The SMILES string of the molecule is C.COC(=O)c1cc(CC(=O)[C@H](CCCCNC(=O)OCc2ccccc2)NC(=O)c2cc(CC(=O)[C@H](CCCCNC(=O)OCc3ccccc3)NC(=O)OC(C)(C)C)ccc2OC)ccc1OC. The van der Waals surface area contributed by atoms with Crippen LogP contribution in [-0.4, -0.2) is 93.8 Å². The molecule has 0 spiro atoms. The van der Waals surface area contributed by atoms with E-state index in [2.05, 4.69) is 21.3 Å². The van der Waals surface area contributed by atoms with Crippen LogP contribution in [0.15, 0.2) is 97.1 Å². The molecule has 0 aromatic heterocycles. The summed E-state index contributed by atoms with van der Waals surface area (Å²) in [5, 5.41) is 11.0. The van der Waals surface area contributed by atoms with E-state index in [-0.39, 0.29) is 93.6 Å². The van der Waals surface area contributed by atoms with Gasteiger partial charge in [0.25, 0.3) is 5.91 Å². The van der Waals surface area contributed by atoms with Crippen molar-refractivity contribution >= 4 is 41.7 Å². The van der Waals surface area contributed by atoms with Gasteiger partial charge in [0.1, 0.15) is 35.9 Å². The summed E-state index contributed by atoms with van der Waals surface area (Å²) in [6.07, 6.45) is -0.0713. The van der Waals surface area contributed by atoms with Crippen LogP contribution in [0.2, 0.25) is 0 Å². The molecule has 70 heavy (non-hydrogen) atoms. The first-order valence-corrected chi connectivity index (χ1v) is 22.8. The summed E-state index contributed by atoms with van der Waals surface area (Å²) in [6, 6.07) is 25.9. The van der Waals surface area contributed by atoms with Crippen LogP contribution in [-0.2, 0) is 54.6 Å². The lowest BCUT2D eigenvalue weighted by Gasteiger charge is -2.23. The molecule has 4 rings (SSSR count). The van der Waals surface area contributed by atoms with Gasteiger partial charge in [-0.1, -0.05) is 80.2 Å². The number of benzene rings is 4. The second kappa shape index (κ2) is 29.5. The molecule has 0 radical (unpaired) electrons. The molecule has 0 aliphatic heterocycles. The number of esters is 1. The normalized spacial score (nSPS) is 11.6. The first kappa shape index (κ1) is 56.9. The first-order chi connectivity index (χ1) is 33.1. The van der Waals surface area contributed by atoms with Crippen molar-refractivity contribution < 1.29 is 62.0 Å². The molecular formula is C53H68N4O13. The molecule has 4 amide bonds. The second-order valence-corrected chi connectivity index (χ2v) is 17.0. The Bertz CT molecular complexity index is 2330. The van der Waals surface area contributed by atoms with E-state index in [1.165, 1.54) is 33.5 Å². The van der Waals surface area contributed by atoms with Crippen molar-refractivity contribution in [2.45, 2.75) is 110 Å². The Morgan fingerprint density at radius 1 is 0.529 bits per heavy atom. The van der Waals surface area contributed by atoms with Crippen LogP contribution >= 0.6 is 0 Å². The molecule has 0 saturated heterocycles. The van der Waals surface area contributed by atoms with Gasteiger partial charge in [0, 0.05) is 25.9 Å². The van der Waals surface area contributed by atoms with Gasteiger partial charge in [-0.05, 0) is 106 Å². The largest absolute Gasteiger partial charge is 0.496 e. The van der Waals surface area contributed by atoms with Crippen molar-refractivity contribution in [3.05, 3.63) is 130 Å². The third-order valence-electron chi connectivity index (χ3n) is 10.5. The molecule has 4 N–H and O–H groups in total. The molecule has 17 heteroatoms. The van der Waals surface area contributed by atoms with E-state index >= 15 is 0 Å². The van der Waals surface area contributed by atoms with E-state index in [0.29, 0.717) is 36.8 Å². The van der Waals surface area contributed by atoms with E-state index in [0.717, 1.165) is 11.1 Å². The van der Waals surface area contributed by atoms with Crippen molar-refractivity contribution in [2.24, 2.45) is 0 Å². The molecule has 4 aromatic rings. The number of nitrogens with one attached hydrogen (secondary N) is 4. The van der Waals surface area contributed by atoms with Gasteiger partial charge < -0.3 is 49.7 Å². The summed E-state index contributed by atoms with van der Waals surface area (Å²) < 4.78 is 31.8. The number of hydrogen-bond donors (Lipinski definition) is 4. The van der Waals surface area contributed by atoms with Crippen LogP contribution in [0.4, 0.5) is 14.4 Å². The Labute approximate surface area is 410 Å². The maximum Gasteiger partial charge on any atom is 0.408 e. The molecule has 4 aromatic carbocycles. The molecule has 378 valence electrons. The number of carbonyl (C=O) groups is 7. The molecule has 0 fully saturated rings. The zero-order valence-electron chi connectivity index (χ0n) is 40.2. The van der Waals surface area contributed by atoms with Crippen molar-refractivity contribution in [3.8, 4) is 11.5 Å². The van der Waals surface area contributed by atoms with Crippen molar-refractivity contribution in [1.29, 1.82) is 0 Å². The maximum atomic E-state index is 14.1. The average Bonchev–Trinajstić information content (AvgIpc) is 3.33. The topological polar surface area (TPSA) is 223 Å². The molecule has 0 saturated carbocycles. The molecule has 0 aliphatic rings. The average molecular weight is 969 g/mol. The monoisotopic (exact) mass is 968 g/mol. The van der Waals surface area contributed by atoms with E-state index in [4.69, 9.17) is 28.4 Å². The highest BCUT2D eigenvalue weighted by Gasteiger charge is 2.27. The van der Waals surface area contributed by atoms with E-state index in [9.17, 15) is 33.6 Å². The van der Waals surface area contributed by atoms with Crippen LogP contribution in [0.5, 0.6) is 11.5 Å². The molecule has 0 unspecified atom stereocenters. The zero-order valence-corrected chi connectivity index (χ0v) is 40.2. The predicted molar refractivity (Wildman–Crippen MR) is 263 cm³/mol. The third kappa shape index (κ3) is 20.0. The highest BCUT2D eigenvalue weighted by molar-refractivity contribution is 6.01. The van der Waals surface area contributed by atoms with Gasteiger partial charge in [0.05, 0.1) is 39.0 Å². The minimum absolute atomic E-state index is 0. The van der Waals surface area contributed by atoms with E-state index in [1.807, 2.05) is 60.7 Å². The predicted octanol–water partition coefficient (Wildman–Crippen LogP) is 8.24. The number of hydrogen-bond acceptors (Lipinski definition) is 13. The summed E-state index contributed by atoms with van der Waals surface area (Å²) in [5.74, 6) is -1.57. The minimum Gasteiger partial charge on any atom is -0.496 e. The summed E-state index contributed by atoms with van der Waals surface area (Å²) in [6.45, 7) is 5.87. The lowest BCUT2D eigenvalue weighted by atomic mass is 9.96. The van der Waals surface area contributed by atoms with Crippen LogP contribution in [0, 0.1) is 0 Å². The van der Waals surface area contributed by atoms with Gasteiger partial charge >= 0.3 is 24.2 Å². The second-order valence-electron chi connectivity index (χ2n) is 17.0. The van der Waals surface area contributed by atoms with Crippen LogP contribution < -0.4 is 30.7 Å². The summed E-state index contributed by atoms with van der Waals surface area (Å²) >= 11 is 0. The number of carbonyl (C=O) groups excluding carboxylic acids is 7. The fourth-order valence-electron chi connectivity index (χ4n) is 7.02. The zero-order chi connectivity index (χ0) is 50.2. The Kier molecular flexibility index (Phi) is 23.9. The number of alkyl carbamates (subject to hydrolysis) is 3. The van der Waals surface area contributed by atoms with Crippen molar-refractivity contribution in [3.63, 3.8) is 0 Å². The molecule has 2 atom stereocenters.